The molecule has 0 aliphatic carbocycles. The number of hydrogen-bond donors (Lipinski definition) is 1. The summed E-state index contributed by atoms with van der Waals surface area (Å²) in [5.41, 5.74) is 1.58. The Hall–Kier alpha value is -2.76. The minimum atomic E-state index is -4.40. The Bertz CT molecular complexity index is 801. The Morgan fingerprint density at radius 3 is 2.68 bits per heavy atom. The van der Waals surface area contributed by atoms with Crippen molar-refractivity contribution < 1.29 is 18.0 Å². The maximum absolute atomic E-state index is 13.0. The molecule has 1 aliphatic rings. The van der Waals surface area contributed by atoms with E-state index in [0.29, 0.717) is 18.7 Å². The van der Waals surface area contributed by atoms with Crippen LogP contribution in [-0.2, 0) is 17.4 Å². The number of nitrogens with zero attached hydrogens (tertiary/aromatic N) is 1. The number of carbonyl (C=O) groups is 1. The standard InChI is InChI=1S/C19H17F3N2O/c1-2-18(25)23-15-10-13-6-3-4-9-17(13)24(12-15)16-8-5-7-14(11-16)19(20,21)22/h2-9,11,15H,1,10,12H2,(H,23,25). The van der Waals surface area contributed by atoms with Crippen LogP contribution in [0.5, 0.6) is 0 Å². The fourth-order valence-corrected chi connectivity index (χ4v) is 3.05. The van der Waals surface area contributed by atoms with Crippen LogP contribution in [0.3, 0.4) is 0 Å². The van der Waals surface area contributed by atoms with Crippen molar-refractivity contribution in [2.24, 2.45) is 0 Å². The van der Waals surface area contributed by atoms with E-state index in [1.165, 1.54) is 12.1 Å². The molecule has 2 aromatic rings. The highest BCUT2D eigenvalue weighted by Gasteiger charge is 2.32. The van der Waals surface area contributed by atoms with E-state index in [4.69, 9.17) is 0 Å². The molecule has 130 valence electrons. The first-order valence-corrected chi connectivity index (χ1v) is 7.84. The van der Waals surface area contributed by atoms with Crippen LogP contribution in [0.2, 0.25) is 0 Å². The molecule has 0 bridgehead atoms. The van der Waals surface area contributed by atoms with E-state index in [1.807, 2.05) is 29.2 Å². The molecule has 1 heterocycles. The van der Waals surface area contributed by atoms with E-state index >= 15 is 0 Å². The molecule has 1 unspecified atom stereocenters. The van der Waals surface area contributed by atoms with E-state index in [9.17, 15) is 18.0 Å². The number of anilines is 2. The molecular weight excluding hydrogens is 329 g/mol. The summed E-state index contributed by atoms with van der Waals surface area (Å²) >= 11 is 0. The minimum Gasteiger partial charge on any atom is -0.348 e. The van der Waals surface area contributed by atoms with Crippen LogP contribution >= 0.6 is 0 Å². The molecule has 2 aromatic carbocycles. The predicted molar refractivity (Wildman–Crippen MR) is 90.7 cm³/mol. The average molecular weight is 346 g/mol. The van der Waals surface area contributed by atoms with Crippen LogP contribution in [-0.4, -0.2) is 18.5 Å². The van der Waals surface area contributed by atoms with Gasteiger partial charge in [0.1, 0.15) is 0 Å². The summed E-state index contributed by atoms with van der Waals surface area (Å²) in [7, 11) is 0. The smallest absolute Gasteiger partial charge is 0.348 e. The quantitative estimate of drug-likeness (QED) is 0.850. The normalized spacial score (nSPS) is 16.9. The van der Waals surface area contributed by atoms with E-state index < -0.39 is 11.7 Å². The molecule has 3 rings (SSSR count). The maximum atomic E-state index is 13.0. The van der Waals surface area contributed by atoms with Crippen LogP contribution in [0.15, 0.2) is 61.2 Å². The van der Waals surface area contributed by atoms with Gasteiger partial charge in [-0.25, -0.2) is 0 Å². The SMILES string of the molecule is C=CC(=O)NC1Cc2ccccc2N(c2cccc(C(F)(F)F)c2)C1. The first-order valence-electron chi connectivity index (χ1n) is 7.84. The van der Waals surface area contributed by atoms with Crippen molar-refractivity contribution in [3.63, 3.8) is 0 Å². The second-order valence-electron chi connectivity index (χ2n) is 5.90. The lowest BCUT2D eigenvalue weighted by atomic mass is 9.97. The van der Waals surface area contributed by atoms with Gasteiger partial charge in [-0.15, -0.1) is 0 Å². The number of alkyl halides is 3. The summed E-state index contributed by atoms with van der Waals surface area (Å²) in [4.78, 5) is 13.4. The Morgan fingerprint density at radius 1 is 1.20 bits per heavy atom. The number of para-hydroxylation sites is 1. The summed E-state index contributed by atoms with van der Waals surface area (Å²) in [5, 5.41) is 2.83. The third-order valence-corrected chi connectivity index (χ3v) is 4.17. The summed E-state index contributed by atoms with van der Waals surface area (Å²) in [6, 6.07) is 12.5. The van der Waals surface area contributed by atoms with Crippen molar-refractivity contribution in [2.75, 3.05) is 11.4 Å². The largest absolute Gasteiger partial charge is 0.416 e. The average Bonchev–Trinajstić information content (AvgIpc) is 2.60. The third kappa shape index (κ3) is 3.68. The number of benzene rings is 2. The Morgan fingerprint density at radius 2 is 1.96 bits per heavy atom. The van der Waals surface area contributed by atoms with Crippen LogP contribution in [0.25, 0.3) is 0 Å². The van der Waals surface area contributed by atoms with Crippen molar-refractivity contribution in [3.8, 4) is 0 Å². The Labute approximate surface area is 143 Å². The molecule has 1 atom stereocenters. The molecule has 0 fully saturated rings. The number of rotatable bonds is 3. The number of nitrogens with one attached hydrogen (secondary N) is 1. The van der Waals surface area contributed by atoms with Gasteiger partial charge < -0.3 is 10.2 Å². The van der Waals surface area contributed by atoms with Gasteiger partial charge in [0.15, 0.2) is 0 Å². The molecule has 1 N–H and O–H groups in total. The van der Waals surface area contributed by atoms with E-state index in [2.05, 4.69) is 11.9 Å². The number of hydrogen-bond acceptors (Lipinski definition) is 2. The van der Waals surface area contributed by atoms with Crippen molar-refractivity contribution in [1.29, 1.82) is 0 Å². The summed E-state index contributed by atoms with van der Waals surface area (Å²) in [6.07, 6.45) is -2.60. The number of fused-ring (bicyclic) bond motifs is 1. The Kier molecular flexibility index (Phi) is 4.53. The van der Waals surface area contributed by atoms with Gasteiger partial charge in [-0.2, -0.15) is 13.2 Å². The highest BCUT2D eigenvalue weighted by Crippen LogP contribution is 2.37. The highest BCUT2D eigenvalue weighted by molar-refractivity contribution is 5.87. The zero-order chi connectivity index (χ0) is 18.0. The Balaban J connectivity index is 1.99. The summed E-state index contributed by atoms with van der Waals surface area (Å²) in [5.74, 6) is -0.298. The van der Waals surface area contributed by atoms with Crippen molar-refractivity contribution >= 4 is 17.3 Å². The van der Waals surface area contributed by atoms with Crippen molar-refractivity contribution in [2.45, 2.75) is 18.6 Å². The summed E-state index contributed by atoms with van der Waals surface area (Å²) in [6.45, 7) is 3.82. The van der Waals surface area contributed by atoms with Crippen LogP contribution < -0.4 is 10.2 Å². The molecule has 0 spiro atoms. The van der Waals surface area contributed by atoms with Gasteiger partial charge >= 0.3 is 6.18 Å². The third-order valence-electron chi connectivity index (χ3n) is 4.17. The van der Waals surface area contributed by atoms with E-state index in [1.54, 1.807) is 6.07 Å². The molecule has 0 saturated heterocycles. The molecule has 0 saturated carbocycles. The molecule has 6 heteroatoms. The van der Waals surface area contributed by atoms with Gasteiger partial charge in [-0.3, -0.25) is 4.79 Å². The second kappa shape index (κ2) is 6.63. The predicted octanol–water partition coefficient (Wildman–Crippen LogP) is 4.07. The van der Waals surface area contributed by atoms with E-state index in [0.717, 1.165) is 23.4 Å². The molecule has 0 radical (unpaired) electrons. The van der Waals surface area contributed by atoms with Crippen molar-refractivity contribution in [3.05, 3.63) is 72.3 Å². The lowest BCUT2D eigenvalue weighted by molar-refractivity contribution is -0.137. The zero-order valence-corrected chi connectivity index (χ0v) is 13.4. The molecule has 1 amide bonds. The monoisotopic (exact) mass is 346 g/mol. The summed E-state index contributed by atoms with van der Waals surface area (Å²) < 4.78 is 39.1. The zero-order valence-electron chi connectivity index (χ0n) is 13.4. The minimum absolute atomic E-state index is 0.213. The van der Waals surface area contributed by atoms with Gasteiger partial charge in [0.2, 0.25) is 5.91 Å². The molecule has 3 nitrogen and oxygen atoms in total. The van der Waals surface area contributed by atoms with Gasteiger partial charge in [0.25, 0.3) is 0 Å². The first-order chi connectivity index (χ1) is 11.9. The molecular formula is C19H17F3N2O. The number of amides is 1. The lowest BCUT2D eigenvalue weighted by Gasteiger charge is -2.36. The number of carbonyl (C=O) groups excluding carboxylic acids is 1. The second-order valence-corrected chi connectivity index (χ2v) is 5.90. The topological polar surface area (TPSA) is 32.3 Å². The molecule has 0 aromatic heterocycles. The van der Waals surface area contributed by atoms with Crippen molar-refractivity contribution in [1.82, 2.24) is 5.32 Å². The maximum Gasteiger partial charge on any atom is 0.416 e. The highest BCUT2D eigenvalue weighted by atomic mass is 19.4. The number of halogens is 3. The first kappa shape index (κ1) is 17.1. The lowest BCUT2D eigenvalue weighted by Crippen LogP contribution is -2.46. The fourth-order valence-electron chi connectivity index (χ4n) is 3.05. The van der Waals surface area contributed by atoms with Crippen LogP contribution in [0.4, 0.5) is 24.5 Å². The van der Waals surface area contributed by atoms with Gasteiger partial charge in [0, 0.05) is 17.9 Å². The van der Waals surface area contributed by atoms with Gasteiger partial charge in [-0.05, 0) is 42.3 Å². The van der Waals surface area contributed by atoms with Gasteiger partial charge in [-0.1, -0.05) is 30.8 Å². The van der Waals surface area contributed by atoms with Gasteiger partial charge in [0.05, 0.1) is 11.6 Å². The van der Waals surface area contributed by atoms with Crippen LogP contribution in [0.1, 0.15) is 11.1 Å². The molecule has 1 aliphatic heterocycles. The van der Waals surface area contributed by atoms with E-state index in [-0.39, 0.29) is 11.9 Å². The van der Waals surface area contributed by atoms with Crippen LogP contribution in [0, 0.1) is 0 Å². The molecule has 25 heavy (non-hydrogen) atoms. The fraction of sp³-hybridized carbons (Fsp3) is 0.211.